The summed E-state index contributed by atoms with van der Waals surface area (Å²) in [5.41, 5.74) is 3.05. The summed E-state index contributed by atoms with van der Waals surface area (Å²) in [6.07, 6.45) is 0.758. The lowest BCUT2D eigenvalue weighted by Crippen LogP contribution is -3.10. The molecule has 2 aliphatic heterocycles. The standard InChI is InChI=1S/C23H23N3O5S/c1-12-4-6-14(7-5-12)26-22(28)17(21(27)24-23(26)32)18-16-13(8-9-25(18)2)10-15-19(20(16)29-3)31-11-30-15/h4-7,10,18,28H,8-9,11H2,1-3H3,(H,24,27,32)/t18-/m0/s1. The SMILES string of the molecule is COc1c2c(cc3c1[C@@H](c1c([O-])n(-c4ccc(C)cc4)c(=S)[nH]c1=O)[NH+](C)CC3)OCO2. The van der Waals surface area contributed by atoms with E-state index in [1.54, 1.807) is 7.11 Å². The summed E-state index contributed by atoms with van der Waals surface area (Å²) in [5, 5.41) is 13.8. The highest BCUT2D eigenvalue weighted by Crippen LogP contribution is 2.48. The zero-order valence-corrected chi connectivity index (χ0v) is 18.8. The Morgan fingerprint density at radius 3 is 2.72 bits per heavy atom. The van der Waals surface area contributed by atoms with Gasteiger partial charge in [0.2, 0.25) is 12.5 Å². The molecule has 0 spiro atoms. The van der Waals surface area contributed by atoms with Crippen LogP contribution in [0.15, 0.2) is 35.1 Å². The largest absolute Gasteiger partial charge is 0.859 e. The molecule has 0 radical (unpaired) electrons. The quantitative estimate of drug-likeness (QED) is 0.579. The maximum absolute atomic E-state index is 13.8. The lowest BCUT2D eigenvalue weighted by molar-refractivity contribution is -0.908. The maximum atomic E-state index is 13.8. The van der Waals surface area contributed by atoms with Crippen LogP contribution in [0.2, 0.25) is 0 Å². The Kier molecular flexibility index (Phi) is 4.94. The number of nitrogens with one attached hydrogen (secondary N) is 2. The van der Waals surface area contributed by atoms with Gasteiger partial charge in [-0.1, -0.05) is 17.7 Å². The Hall–Kier alpha value is -3.30. The molecule has 0 fully saturated rings. The number of aromatic nitrogens is 2. The normalized spacial score (nSPS) is 19.0. The molecule has 0 saturated heterocycles. The third kappa shape index (κ3) is 3.08. The fraction of sp³-hybridized carbons (Fsp3) is 0.304. The van der Waals surface area contributed by atoms with Crippen LogP contribution in [0.4, 0.5) is 0 Å². The monoisotopic (exact) mass is 453 g/mol. The Morgan fingerprint density at radius 2 is 2.00 bits per heavy atom. The average Bonchev–Trinajstić information content (AvgIpc) is 3.23. The number of ether oxygens (including phenoxy) is 3. The maximum Gasteiger partial charge on any atom is 0.260 e. The van der Waals surface area contributed by atoms with Crippen molar-refractivity contribution in [3.8, 4) is 28.8 Å². The molecule has 5 rings (SSSR count). The molecule has 0 aliphatic carbocycles. The molecule has 166 valence electrons. The van der Waals surface area contributed by atoms with E-state index < -0.39 is 17.5 Å². The van der Waals surface area contributed by atoms with E-state index >= 15 is 0 Å². The van der Waals surface area contributed by atoms with Crippen LogP contribution in [0.1, 0.15) is 28.3 Å². The number of benzene rings is 2. The molecule has 2 atom stereocenters. The number of hydrogen-bond donors (Lipinski definition) is 2. The fourth-order valence-electron chi connectivity index (χ4n) is 4.63. The van der Waals surface area contributed by atoms with Crippen LogP contribution in [-0.2, 0) is 6.42 Å². The molecule has 2 N–H and O–H groups in total. The van der Waals surface area contributed by atoms with Crippen LogP contribution in [-0.4, -0.2) is 37.0 Å². The molecule has 0 amide bonds. The lowest BCUT2D eigenvalue weighted by Gasteiger charge is -2.35. The first-order chi connectivity index (χ1) is 15.4. The van der Waals surface area contributed by atoms with Crippen LogP contribution in [0.25, 0.3) is 5.69 Å². The number of aryl methyl sites for hydroxylation is 1. The third-order valence-electron chi connectivity index (χ3n) is 6.20. The van der Waals surface area contributed by atoms with Crippen molar-refractivity contribution in [2.24, 2.45) is 0 Å². The zero-order valence-electron chi connectivity index (χ0n) is 18.0. The predicted octanol–water partition coefficient (Wildman–Crippen LogP) is 1.17. The number of fused-ring (bicyclic) bond motifs is 2. The van der Waals surface area contributed by atoms with E-state index in [2.05, 4.69) is 4.98 Å². The summed E-state index contributed by atoms with van der Waals surface area (Å²) in [5.74, 6) is 1.19. The van der Waals surface area contributed by atoms with Crippen LogP contribution in [0, 0.1) is 11.7 Å². The van der Waals surface area contributed by atoms with E-state index in [1.165, 1.54) is 4.57 Å². The molecule has 8 nitrogen and oxygen atoms in total. The predicted molar refractivity (Wildman–Crippen MR) is 118 cm³/mol. The van der Waals surface area contributed by atoms with Gasteiger partial charge in [0, 0.05) is 12.1 Å². The smallest absolute Gasteiger partial charge is 0.260 e. The highest BCUT2D eigenvalue weighted by atomic mass is 32.1. The van der Waals surface area contributed by atoms with Gasteiger partial charge in [-0.2, -0.15) is 0 Å². The fourth-order valence-corrected chi connectivity index (χ4v) is 4.91. The van der Waals surface area contributed by atoms with Crippen molar-refractivity contribution in [3.05, 3.63) is 67.7 Å². The molecular weight excluding hydrogens is 430 g/mol. The zero-order chi connectivity index (χ0) is 22.6. The minimum absolute atomic E-state index is 0.0685. The molecule has 9 heteroatoms. The second-order valence-corrected chi connectivity index (χ2v) is 8.53. The Labute approximate surface area is 189 Å². The van der Waals surface area contributed by atoms with E-state index in [9.17, 15) is 9.90 Å². The number of quaternary nitrogens is 1. The van der Waals surface area contributed by atoms with E-state index in [4.69, 9.17) is 26.4 Å². The molecule has 0 bridgehead atoms. The van der Waals surface area contributed by atoms with Crippen molar-refractivity contribution in [2.75, 3.05) is 27.5 Å². The van der Waals surface area contributed by atoms with Crippen molar-refractivity contribution >= 4 is 12.2 Å². The van der Waals surface area contributed by atoms with Crippen LogP contribution < -0.4 is 29.8 Å². The van der Waals surface area contributed by atoms with Gasteiger partial charge in [0.25, 0.3) is 5.56 Å². The van der Waals surface area contributed by atoms with E-state index in [-0.39, 0.29) is 17.1 Å². The molecule has 0 saturated carbocycles. The van der Waals surface area contributed by atoms with Gasteiger partial charge in [0.05, 0.1) is 31.8 Å². The van der Waals surface area contributed by atoms with Gasteiger partial charge in [0.1, 0.15) is 6.04 Å². The summed E-state index contributed by atoms with van der Waals surface area (Å²) in [6, 6.07) is 8.81. The summed E-state index contributed by atoms with van der Waals surface area (Å²) in [6.45, 7) is 2.81. The Balaban J connectivity index is 1.78. The van der Waals surface area contributed by atoms with Crippen molar-refractivity contribution in [2.45, 2.75) is 19.4 Å². The first-order valence-corrected chi connectivity index (χ1v) is 10.8. The molecule has 1 aromatic heterocycles. The van der Waals surface area contributed by atoms with E-state index in [0.29, 0.717) is 22.9 Å². The van der Waals surface area contributed by atoms with E-state index in [0.717, 1.165) is 34.6 Å². The van der Waals surface area contributed by atoms with Gasteiger partial charge in [0.15, 0.2) is 16.3 Å². The summed E-state index contributed by atoms with van der Waals surface area (Å²) in [4.78, 5) is 16.9. The molecule has 32 heavy (non-hydrogen) atoms. The van der Waals surface area contributed by atoms with Crippen molar-refractivity contribution in [3.63, 3.8) is 0 Å². The molecule has 3 aromatic rings. The first kappa shape index (κ1) is 20.6. The molecule has 3 heterocycles. The highest BCUT2D eigenvalue weighted by molar-refractivity contribution is 7.71. The average molecular weight is 454 g/mol. The second kappa shape index (κ2) is 7.68. The van der Waals surface area contributed by atoms with Gasteiger partial charge in [-0.05, 0) is 48.8 Å². The first-order valence-electron chi connectivity index (χ1n) is 10.4. The van der Waals surface area contributed by atoms with Crippen molar-refractivity contribution in [1.82, 2.24) is 9.55 Å². The minimum atomic E-state index is -0.549. The van der Waals surface area contributed by atoms with Crippen molar-refractivity contribution in [1.29, 1.82) is 0 Å². The van der Waals surface area contributed by atoms with Crippen LogP contribution in [0.3, 0.4) is 0 Å². The highest BCUT2D eigenvalue weighted by Gasteiger charge is 2.39. The van der Waals surface area contributed by atoms with Gasteiger partial charge >= 0.3 is 0 Å². The molecular formula is C23H23N3O5S. The molecule has 2 aromatic carbocycles. The van der Waals surface area contributed by atoms with E-state index in [1.807, 2.05) is 44.3 Å². The van der Waals surface area contributed by atoms with Crippen molar-refractivity contribution < 1.29 is 24.2 Å². The Morgan fingerprint density at radius 1 is 1.25 bits per heavy atom. The second-order valence-electron chi connectivity index (χ2n) is 8.14. The van der Waals surface area contributed by atoms with Gasteiger partial charge in [-0.15, -0.1) is 0 Å². The minimum Gasteiger partial charge on any atom is -0.859 e. The topological polar surface area (TPSA) is 93.0 Å². The number of aromatic amines is 1. The summed E-state index contributed by atoms with van der Waals surface area (Å²) >= 11 is 5.36. The number of rotatable bonds is 3. The van der Waals surface area contributed by atoms with Gasteiger partial charge in [-0.3, -0.25) is 9.78 Å². The van der Waals surface area contributed by atoms with Crippen LogP contribution in [0.5, 0.6) is 23.1 Å². The van der Waals surface area contributed by atoms with Gasteiger partial charge < -0.3 is 28.8 Å². The number of nitrogens with zero attached hydrogens (tertiary/aromatic N) is 1. The van der Waals surface area contributed by atoms with Crippen LogP contribution >= 0.6 is 12.2 Å². The number of likely N-dealkylation sites (N-methyl/N-ethyl adjacent to an activating group) is 1. The number of hydrogen-bond acceptors (Lipinski definition) is 6. The summed E-state index contributed by atoms with van der Waals surface area (Å²) in [7, 11) is 3.52. The Bertz CT molecular complexity index is 1330. The number of methoxy groups -OCH3 is 1. The summed E-state index contributed by atoms with van der Waals surface area (Å²) < 4.78 is 18.4. The van der Waals surface area contributed by atoms with Gasteiger partial charge in [-0.25, -0.2) is 0 Å². The molecule has 1 unspecified atom stereocenters. The number of H-pyrrole nitrogens is 1. The lowest BCUT2D eigenvalue weighted by atomic mass is 9.87. The third-order valence-corrected chi connectivity index (χ3v) is 6.49. The molecule has 2 aliphatic rings.